The second-order valence-corrected chi connectivity index (χ2v) is 7.75. The Morgan fingerprint density at radius 1 is 0.929 bits per heavy atom. The summed E-state index contributed by atoms with van der Waals surface area (Å²) in [5.41, 5.74) is 2.78. The molecule has 0 saturated carbocycles. The third-order valence-corrected chi connectivity index (χ3v) is 6.00. The van der Waals surface area contributed by atoms with Crippen molar-refractivity contribution in [2.24, 2.45) is 0 Å². The van der Waals surface area contributed by atoms with Crippen LogP contribution >= 0.6 is 39.1 Å². The topological polar surface area (TPSA) is 31.2 Å². The highest BCUT2D eigenvalue weighted by molar-refractivity contribution is 9.10. The lowest BCUT2D eigenvalue weighted by atomic mass is 9.99. The van der Waals surface area contributed by atoms with Gasteiger partial charge in [0.05, 0.1) is 27.8 Å². The van der Waals surface area contributed by atoms with Gasteiger partial charge >= 0.3 is 0 Å². The third kappa shape index (κ3) is 3.12. The van der Waals surface area contributed by atoms with Crippen molar-refractivity contribution in [2.75, 3.05) is 7.11 Å². The molecule has 3 nitrogen and oxygen atoms in total. The number of aromatic nitrogens is 1. The molecule has 0 N–H and O–H groups in total. The van der Waals surface area contributed by atoms with Crippen LogP contribution in [0.2, 0.25) is 10.0 Å². The monoisotopic (exact) mass is 473 g/mol. The summed E-state index contributed by atoms with van der Waals surface area (Å²) in [7, 11) is 1.59. The first-order chi connectivity index (χ1) is 13.5. The van der Waals surface area contributed by atoms with Crippen molar-refractivity contribution in [3.63, 3.8) is 0 Å². The van der Waals surface area contributed by atoms with Crippen LogP contribution in [0.1, 0.15) is 0 Å². The Bertz CT molecular complexity index is 1270. The van der Waals surface area contributed by atoms with E-state index in [0.29, 0.717) is 27.0 Å². The Kier molecular flexibility index (Phi) is 5.19. The summed E-state index contributed by atoms with van der Waals surface area (Å²) >= 11 is 16.5. The van der Waals surface area contributed by atoms with Gasteiger partial charge in [-0.3, -0.25) is 9.36 Å². The van der Waals surface area contributed by atoms with E-state index in [1.165, 1.54) is 6.07 Å². The number of nitrogens with zero attached hydrogens (tertiary/aromatic N) is 1. The SMILES string of the molecule is COc1cc2c(ccc(=O)n2-c2ccccc2Cl)c(-c2ccccc2Cl)c1Br. The minimum Gasteiger partial charge on any atom is -0.495 e. The van der Waals surface area contributed by atoms with Crippen LogP contribution in [0.5, 0.6) is 5.75 Å². The summed E-state index contributed by atoms with van der Waals surface area (Å²) < 4.78 is 7.93. The maximum Gasteiger partial charge on any atom is 0.255 e. The molecule has 0 fully saturated rings. The predicted molar refractivity (Wildman–Crippen MR) is 119 cm³/mol. The minimum atomic E-state index is -0.185. The lowest BCUT2D eigenvalue weighted by molar-refractivity contribution is 0.413. The van der Waals surface area contributed by atoms with Crippen molar-refractivity contribution in [3.8, 4) is 22.6 Å². The molecule has 6 heteroatoms. The van der Waals surface area contributed by atoms with Gasteiger partial charge in [-0.2, -0.15) is 0 Å². The lowest BCUT2D eigenvalue weighted by Crippen LogP contribution is -2.18. The first-order valence-electron chi connectivity index (χ1n) is 8.45. The van der Waals surface area contributed by atoms with Crippen molar-refractivity contribution in [3.05, 3.63) is 91.6 Å². The van der Waals surface area contributed by atoms with E-state index in [1.807, 2.05) is 48.5 Å². The van der Waals surface area contributed by atoms with Gasteiger partial charge < -0.3 is 4.74 Å². The average molecular weight is 475 g/mol. The van der Waals surface area contributed by atoms with Crippen molar-refractivity contribution in [2.45, 2.75) is 0 Å². The molecule has 140 valence electrons. The van der Waals surface area contributed by atoms with Gasteiger partial charge in [0.25, 0.3) is 5.56 Å². The molecule has 0 unspecified atom stereocenters. The molecule has 0 aliphatic heterocycles. The summed E-state index contributed by atoms with van der Waals surface area (Å²) in [5, 5.41) is 1.94. The van der Waals surface area contributed by atoms with Crippen molar-refractivity contribution in [1.29, 1.82) is 0 Å². The highest BCUT2D eigenvalue weighted by Gasteiger charge is 2.19. The Labute approximate surface area is 180 Å². The van der Waals surface area contributed by atoms with Gasteiger partial charge in [0.2, 0.25) is 0 Å². The Hall–Kier alpha value is -2.27. The van der Waals surface area contributed by atoms with E-state index in [0.717, 1.165) is 21.0 Å². The predicted octanol–water partition coefficient (Wildman–Crippen LogP) is 6.74. The molecule has 1 heterocycles. The molecule has 3 aromatic carbocycles. The van der Waals surface area contributed by atoms with Gasteiger partial charge in [0.15, 0.2) is 0 Å². The van der Waals surface area contributed by atoms with Crippen LogP contribution in [-0.4, -0.2) is 11.7 Å². The number of para-hydroxylation sites is 1. The quantitative estimate of drug-likeness (QED) is 0.329. The Balaban J connectivity index is 2.20. The number of rotatable bonds is 3. The maximum absolute atomic E-state index is 12.8. The van der Waals surface area contributed by atoms with E-state index >= 15 is 0 Å². The molecule has 0 spiro atoms. The van der Waals surface area contributed by atoms with Crippen LogP contribution in [0, 0.1) is 0 Å². The third-order valence-electron chi connectivity index (χ3n) is 4.56. The molecular weight excluding hydrogens is 461 g/mol. The van der Waals surface area contributed by atoms with Crippen LogP contribution in [0.25, 0.3) is 27.7 Å². The molecule has 0 saturated heterocycles. The van der Waals surface area contributed by atoms with E-state index < -0.39 is 0 Å². The van der Waals surface area contributed by atoms with Crippen LogP contribution < -0.4 is 10.3 Å². The summed E-state index contributed by atoms with van der Waals surface area (Å²) in [4.78, 5) is 12.8. The first kappa shape index (κ1) is 19.1. The van der Waals surface area contributed by atoms with Crippen molar-refractivity contribution in [1.82, 2.24) is 4.57 Å². The summed E-state index contributed by atoms with van der Waals surface area (Å²) in [6, 6.07) is 20.0. The number of ether oxygens (including phenoxy) is 1. The summed E-state index contributed by atoms with van der Waals surface area (Å²) in [6.07, 6.45) is 0. The first-order valence-corrected chi connectivity index (χ1v) is 10.00. The molecule has 4 aromatic rings. The number of fused-ring (bicyclic) bond motifs is 1. The number of hydrogen-bond donors (Lipinski definition) is 0. The smallest absolute Gasteiger partial charge is 0.255 e. The van der Waals surface area contributed by atoms with E-state index in [-0.39, 0.29) is 5.56 Å². The van der Waals surface area contributed by atoms with Crippen LogP contribution in [0.15, 0.2) is 76.0 Å². The van der Waals surface area contributed by atoms with Crippen molar-refractivity contribution >= 4 is 50.0 Å². The molecule has 0 amide bonds. The van der Waals surface area contributed by atoms with Crippen LogP contribution in [0.4, 0.5) is 0 Å². The number of pyridine rings is 1. The van der Waals surface area contributed by atoms with Gasteiger partial charge in [-0.25, -0.2) is 0 Å². The van der Waals surface area contributed by atoms with Gasteiger partial charge in [-0.15, -0.1) is 0 Å². The fraction of sp³-hybridized carbons (Fsp3) is 0.0455. The minimum absolute atomic E-state index is 0.185. The Morgan fingerprint density at radius 2 is 1.61 bits per heavy atom. The Morgan fingerprint density at radius 3 is 2.29 bits per heavy atom. The summed E-state index contributed by atoms with van der Waals surface area (Å²) in [5.74, 6) is 0.592. The average Bonchev–Trinajstić information content (AvgIpc) is 2.69. The van der Waals surface area contributed by atoms with Gasteiger partial charge in [-0.1, -0.05) is 53.5 Å². The van der Waals surface area contributed by atoms with E-state index in [9.17, 15) is 4.79 Å². The molecule has 4 rings (SSSR count). The van der Waals surface area contributed by atoms with Gasteiger partial charge in [-0.05, 0) is 40.2 Å². The molecule has 0 atom stereocenters. The maximum atomic E-state index is 12.8. The fourth-order valence-electron chi connectivity index (χ4n) is 3.29. The van der Waals surface area contributed by atoms with Gasteiger partial charge in [0, 0.05) is 33.7 Å². The molecule has 0 radical (unpaired) electrons. The number of halogens is 3. The zero-order valence-electron chi connectivity index (χ0n) is 14.7. The highest BCUT2D eigenvalue weighted by Crippen LogP contribution is 2.44. The highest BCUT2D eigenvalue weighted by atomic mass is 79.9. The molecule has 0 aliphatic carbocycles. The van der Waals surface area contributed by atoms with E-state index in [2.05, 4.69) is 15.9 Å². The summed E-state index contributed by atoms with van der Waals surface area (Å²) in [6.45, 7) is 0. The van der Waals surface area contributed by atoms with Crippen molar-refractivity contribution < 1.29 is 4.74 Å². The van der Waals surface area contributed by atoms with Crippen LogP contribution in [0.3, 0.4) is 0 Å². The normalized spacial score (nSPS) is 11.0. The van der Waals surface area contributed by atoms with Gasteiger partial charge in [0.1, 0.15) is 5.75 Å². The standard InChI is InChI=1S/C22H14BrCl2NO2/c1-28-19-12-18-14(21(22(19)23)13-6-2-3-7-15(13)24)10-11-20(27)26(18)17-9-5-4-8-16(17)25/h2-12H,1H3. The lowest BCUT2D eigenvalue weighted by Gasteiger charge is -2.18. The molecule has 28 heavy (non-hydrogen) atoms. The molecule has 0 aliphatic rings. The van der Waals surface area contributed by atoms with E-state index in [1.54, 1.807) is 23.8 Å². The molecule has 0 bridgehead atoms. The molecular formula is C22H14BrCl2NO2. The number of methoxy groups -OCH3 is 1. The zero-order chi connectivity index (χ0) is 19.8. The second kappa shape index (κ2) is 7.63. The molecule has 1 aromatic heterocycles. The van der Waals surface area contributed by atoms with E-state index in [4.69, 9.17) is 27.9 Å². The largest absolute Gasteiger partial charge is 0.495 e. The fourth-order valence-corrected chi connectivity index (χ4v) is 4.45. The number of hydrogen-bond acceptors (Lipinski definition) is 2. The van der Waals surface area contributed by atoms with Crippen LogP contribution in [-0.2, 0) is 0 Å². The second-order valence-electron chi connectivity index (χ2n) is 6.14. The zero-order valence-corrected chi connectivity index (χ0v) is 17.8. The number of benzene rings is 3.